The minimum atomic E-state index is -3.77. The Morgan fingerprint density at radius 1 is 1.29 bits per heavy atom. The largest absolute Gasteiger partial charge is 0.491 e. The fourth-order valence-electron chi connectivity index (χ4n) is 1.59. The van der Waals surface area contributed by atoms with Gasteiger partial charge in [0.15, 0.2) is 0 Å². The standard InChI is InChI=1S/C14H19F2NO3.ClH/c1-4-19-13(18)14(15,16)12(17)10-5-7-11(8-6-10)20-9(2)3;/h5-9,12H,4,17H2,1-3H3;1H/t12-;/m1./s1. The van der Waals surface area contributed by atoms with Crippen LogP contribution in [-0.4, -0.2) is 24.6 Å². The van der Waals surface area contributed by atoms with Gasteiger partial charge in [0.25, 0.3) is 0 Å². The Bertz CT molecular complexity index is 452. The van der Waals surface area contributed by atoms with Crippen LogP contribution in [0.3, 0.4) is 0 Å². The molecule has 0 unspecified atom stereocenters. The first-order valence-corrected chi connectivity index (χ1v) is 6.36. The van der Waals surface area contributed by atoms with E-state index in [0.29, 0.717) is 5.75 Å². The van der Waals surface area contributed by atoms with Crippen molar-refractivity contribution < 1.29 is 23.0 Å². The summed E-state index contributed by atoms with van der Waals surface area (Å²) in [6.07, 6.45) is -0.0181. The molecule has 1 atom stereocenters. The molecule has 0 saturated carbocycles. The lowest BCUT2D eigenvalue weighted by Crippen LogP contribution is -2.41. The van der Waals surface area contributed by atoms with Gasteiger partial charge in [-0.3, -0.25) is 0 Å². The van der Waals surface area contributed by atoms with E-state index in [0.717, 1.165) is 0 Å². The number of nitrogens with two attached hydrogens (primary N) is 1. The van der Waals surface area contributed by atoms with Gasteiger partial charge in [-0.1, -0.05) is 12.1 Å². The van der Waals surface area contributed by atoms with E-state index >= 15 is 0 Å². The number of rotatable bonds is 6. The molecular formula is C14H20ClF2NO3. The van der Waals surface area contributed by atoms with Crippen molar-refractivity contribution in [1.82, 2.24) is 0 Å². The molecule has 1 rings (SSSR count). The van der Waals surface area contributed by atoms with Crippen LogP contribution in [0.1, 0.15) is 32.4 Å². The van der Waals surface area contributed by atoms with Gasteiger partial charge in [0.05, 0.1) is 12.7 Å². The van der Waals surface area contributed by atoms with Crippen molar-refractivity contribution in [2.24, 2.45) is 5.73 Å². The zero-order valence-corrected chi connectivity index (χ0v) is 13.0. The quantitative estimate of drug-likeness (QED) is 0.817. The molecule has 0 heterocycles. The highest BCUT2D eigenvalue weighted by Gasteiger charge is 2.47. The Labute approximate surface area is 129 Å². The van der Waals surface area contributed by atoms with Crippen LogP contribution in [0.5, 0.6) is 5.75 Å². The molecule has 21 heavy (non-hydrogen) atoms. The van der Waals surface area contributed by atoms with Crippen molar-refractivity contribution >= 4 is 18.4 Å². The molecule has 1 aromatic carbocycles. The van der Waals surface area contributed by atoms with E-state index in [1.54, 1.807) is 0 Å². The van der Waals surface area contributed by atoms with Gasteiger partial charge in [0.1, 0.15) is 11.8 Å². The van der Waals surface area contributed by atoms with Crippen molar-refractivity contribution in [2.75, 3.05) is 6.61 Å². The fraction of sp³-hybridized carbons (Fsp3) is 0.500. The zero-order valence-electron chi connectivity index (χ0n) is 12.1. The van der Waals surface area contributed by atoms with Gasteiger partial charge in [-0.25, -0.2) is 4.79 Å². The topological polar surface area (TPSA) is 61.5 Å². The van der Waals surface area contributed by atoms with E-state index in [4.69, 9.17) is 10.5 Å². The van der Waals surface area contributed by atoms with Gasteiger partial charge in [-0.2, -0.15) is 8.78 Å². The summed E-state index contributed by atoms with van der Waals surface area (Å²) in [5, 5.41) is 0. The second kappa shape index (κ2) is 8.14. The number of benzene rings is 1. The summed E-state index contributed by atoms with van der Waals surface area (Å²) >= 11 is 0. The minimum absolute atomic E-state index is 0. The van der Waals surface area contributed by atoms with Crippen LogP contribution in [0, 0.1) is 0 Å². The number of hydrogen-bond acceptors (Lipinski definition) is 4. The molecule has 4 nitrogen and oxygen atoms in total. The lowest BCUT2D eigenvalue weighted by atomic mass is 10.0. The summed E-state index contributed by atoms with van der Waals surface area (Å²) < 4.78 is 37.3. The van der Waals surface area contributed by atoms with Crippen molar-refractivity contribution in [3.63, 3.8) is 0 Å². The lowest BCUT2D eigenvalue weighted by molar-refractivity contribution is -0.174. The van der Waals surface area contributed by atoms with Gasteiger partial charge in [-0.05, 0) is 38.5 Å². The van der Waals surface area contributed by atoms with E-state index in [1.165, 1.54) is 31.2 Å². The van der Waals surface area contributed by atoms with Crippen molar-refractivity contribution in [2.45, 2.75) is 38.8 Å². The van der Waals surface area contributed by atoms with Gasteiger partial charge in [0, 0.05) is 0 Å². The number of halogens is 3. The summed E-state index contributed by atoms with van der Waals surface area (Å²) in [7, 11) is 0. The number of esters is 1. The minimum Gasteiger partial charge on any atom is -0.491 e. The van der Waals surface area contributed by atoms with Crippen LogP contribution < -0.4 is 10.5 Å². The first-order chi connectivity index (χ1) is 9.28. The summed E-state index contributed by atoms with van der Waals surface area (Å²) in [5.74, 6) is -4.83. The summed E-state index contributed by atoms with van der Waals surface area (Å²) in [4.78, 5) is 11.2. The van der Waals surface area contributed by atoms with E-state index in [9.17, 15) is 13.6 Å². The van der Waals surface area contributed by atoms with Gasteiger partial charge in [0.2, 0.25) is 0 Å². The van der Waals surface area contributed by atoms with Crippen LogP contribution in [-0.2, 0) is 9.53 Å². The van der Waals surface area contributed by atoms with Gasteiger partial charge < -0.3 is 15.2 Å². The second-order valence-electron chi connectivity index (χ2n) is 4.56. The lowest BCUT2D eigenvalue weighted by Gasteiger charge is -2.22. The predicted molar refractivity (Wildman–Crippen MR) is 78.0 cm³/mol. The Kier molecular flexibility index (Phi) is 7.60. The molecular weight excluding hydrogens is 304 g/mol. The molecule has 120 valence electrons. The molecule has 0 radical (unpaired) electrons. The summed E-state index contributed by atoms with van der Waals surface area (Å²) in [6.45, 7) is 5.04. The Balaban J connectivity index is 0.00000400. The third-order valence-electron chi connectivity index (χ3n) is 2.55. The van der Waals surface area contributed by atoms with Crippen LogP contribution in [0.25, 0.3) is 0 Å². The highest BCUT2D eigenvalue weighted by molar-refractivity contribution is 5.85. The number of ether oxygens (including phenoxy) is 2. The fourth-order valence-corrected chi connectivity index (χ4v) is 1.59. The molecule has 0 fully saturated rings. The van der Waals surface area contributed by atoms with Gasteiger partial charge in [-0.15, -0.1) is 12.4 Å². The molecule has 0 aromatic heterocycles. The SMILES string of the molecule is CCOC(=O)C(F)(F)[C@H](N)c1ccc(OC(C)C)cc1.Cl. The molecule has 0 spiro atoms. The molecule has 0 bridgehead atoms. The third kappa shape index (κ3) is 5.13. The Morgan fingerprint density at radius 2 is 1.81 bits per heavy atom. The first-order valence-electron chi connectivity index (χ1n) is 6.36. The number of alkyl halides is 2. The Hall–Kier alpha value is -1.40. The van der Waals surface area contributed by atoms with Crippen molar-refractivity contribution in [1.29, 1.82) is 0 Å². The molecule has 0 aliphatic rings. The van der Waals surface area contributed by atoms with Crippen LogP contribution >= 0.6 is 12.4 Å². The van der Waals surface area contributed by atoms with Crippen LogP contribution in [0.15, 0.2) is 24.3 Å². The van der Waals surface area contributed by atoms with Crippen LogP contribution in [0.2, 0.25) is 0 Å². The highest BCUT2D eigenvalue weighted by atomic mass is 35.5. The molecule has 0 aliphatic heterocycles. The van der Waals surface area contributed by atoms with E-state index < -0.39 is 17.9 Å². The van der Waals surface area contributed by atoms with E-state index in [1.807, 2.05) is 13.8 Å². The monoisotopic (exact) mass is 323 g/mol. The number of hydrogen-bond donors (Lipinski definition) is 1. The first kappa shape index (κ1) is 19.6. The molecule has 2 N–H and O–H groups in total. The van der Waals surface area contributed by atoms with E-state index in [2.05, 4.69) is 4.74 Å². The average Bonchev–Trinajstić information content (AvgIpc) is 2.38. The molecule has 7 heteroatoms. The maximum atomic E-state index is 13.8. The highest BCUT2D eigenvalue weighted by Crippen LogP contribution is 2.31. The van der Waals surface area contributed by atoms with Gasteiger partial charge >= 0.3 is 11.9 Å². The predicted octanol–water partition coefficient (Wildman–Crippen LogP) is 3.09. The van der Waals surface area contributed by atoms with Crippen molar-refractivity contribution in [3.8, 4) is 5.75 Å². The molecule has 1 aromatic rings. The van der Waals surface area contributed by atoms with E-state index in [-0.39, 0.29) is 30.7 Å². The third-order valence-corrected chi connectivity index (χ3v) is 2.55. The maximum Gasteiger partial charge on any atom is 0.379 e. The molecule has 0 aliphatic carbocycles. The smallest absolute Gasteiger partial charge is 0.379 e. The number of carbonyl (C=O) groups is 1. The molecule has 0 amide bonds. The normalized spacial score (nSPS) is 12.5. The second-order valence-corrected chi connectivity index (χ2v) is 4.56. The average molecular weight is 324 g/mol. The van der Waals surface area contributed by atoms with Crippen molar-refractivity contribution in [3.05, 3.63) is 29.8 Å². The van der Waals surface area contributed by atoms with Crippen LogP contribution in [0.4, 0.5) is 8.78 Å². The number of carbonyl (C=O) groups excluding carboxylic acids is 1. The molecule has 0 saturated heterocycles. The summed E-state index contributed by atoms with van der Waals surface area (Å²) in [5.41, 5.74) is 5.60. The summed E-state index contributed by atoms with van der Waals surface area (Å²) in [6, 6.07) is 4.15. The zero-order chi connectivity index (χ0) is 15.3. The Morgan fingerprint density at radius 3 is 2.24 bits per heavy atom. The maximum absolute atomic E-state index is 13.8.